The van der Waals surface area contributed by atoms with Gasteiger partial charge >= 0.3 is 0 Å². The van der Waals surface area contributed by atoms with E-state index in [1.807, 2.05) is 67.5 Å². The van der Waals surface area contributed by atoms with Crippen LogP contribution in [-0.2, 0) is 0 Å². The number of anilines is 1. The molecule has 3 aromatic carbocycles. The summed E-state index contributed by atoms with van der Waals surface area (Å²) in [5, 5.41) is 0. The van der Waals surface area contributed by atoms with E-state index < -0.39 is 32.4 Å². The van der Waals surface area contributed by atoms with E-state index in [1.165, 1.54) is 28.7 Å². The lowest BCUT2D eigenvalue weighted by Gasteiger charge is -2.11. The molecule has 3 aromatic rings. The van der Waals surface area contributed by atoms with Gasteiger partial charge in [0.1, 0.15) is 0 Å². The topological polar surface area (TPSA) is 3.24 Å². The van der Waals surface area contributed by atoms with E-state index in [2.05, 4.69) is 0 Å². The monoisotopic (exact) mass is 523 g/mol. The highest BCUT2D eigenvalue weighted by atomic mass is 127. The molecule has 0 aliphatic heterocycles. The molecular weight excluding hydrogens is 505 g/mol. The number of nitrogens with zero attached hydrogens (tertiary/aromatic N) is 1. The third kappa shape index (κ3) is 4.92. The maximum absolute atomic E-state index is 14.0. The molecule has 0 saturated carbocycles. The van der Waals surface area contributed by atoms with Gasteiger partial charge in [-0.1, -0.05) is 54.6 Å². The second-order valence-electron chi connectivity index (χ2n) is 6.80. The minimum absolute atomic E-state index is 0.639. The lowest BCUT2D eigenvalue weighted by molar-refractivity contribution is 0.443. The van der Waals surface area contributed by atoms with Crippen LogP contribution in [0.15, 0.2) is 48.5 Å². The zero-order chi connectivity index (χ0) is 21.8. The predicted octanol–water partition coefficient (Wildman–Crippen LogP) is 7.25. The molecule has 0 aliphatic carbocycles. The maximum Gasteiger partial charge on any atom is 0.175 e. The van der Waals surface area contributed by atoms with Gasteiger partial charge in [0.25, 0.3) is 0 Å². The average molecular weight is 523 g/mol. The molecule has 0 aromatic heterocycles. The summed E-state index contributed by atoms with van der Waals surface area (Å²) in [7, 11) is 3.96. The molecule has 30 heavy (non-hydrogen) atoms. The van der Waals surface area contributed by atoms with Gasteiger partial charge in [0.15, 0.2) is 23.3 Å². The van der Waals surface area contributed by atoms with Gasteiger partial charge in [-0.3, -0.25) is 0 Å². The Balaban J connectivity index is 1.75. The first-order valence-electron chi connectivity index (χ1n) is 9.03. The van der Waals surface area contributed by atoms with Gasteiger partial charge in [-0.2, -0.15) is 0 Å². The normalized spacial score (nSPS) is 11.6. The lowest BCUT2D eigenvalue weighted by atomic mass is 10.1. The van der Waals surface area contributed by atoms with Crippen LogP contribution < -0.4 is 4.90 Å². The van der Waals surface area contributed by atoms with Crippen molar-refractivity contribution in [3.8, 4) is 0 Å². The molecule has 0 N–H and O–H groups in total. The van der Waals surface area contributed by atoms with E-state index in [0.717, 1.165) is 22.9 Å². The number of benzene rings is 3. The van der Waals surface area contributed by atoms with Crippen LogP contribution in [0.5, 0.6) is 0 Å². The molecule has 0 atom stereocenters. The van der Waals surface area contributed by atoms with Crippen LogP contribution in [0.3, 0.4) is 0 Å². The summed E-state index contributed by atoms with van der Waals surface area (Å²) >= 11 is 1.23. The van der Waals surface area contributed by atoms with Crippen molar-refractivity contribution in [3.63, 3.8) is 0 Å². The quantitative estimate of drug-likeness (QED) is 0.112. The smallest absolute Gasteiger partial charge is 0.175 e. The minimum Gasteiger partial charge on any atom is -0.378 e. The standard InChI is InChI=1S/C24H18F4IN/c1-30(2)18-12-9-17(10-13-18)8-5-15-3-6-16(7-4-15)11-14-19-20(25)22(27)24(29)23(28)21(19)26/h3-14H,1-2H3/b8-5+,14-11+. The van der Waals surface area contributed by atoms with E-state index in [9.17, 15) is 17.6 Å². The molecule has 0 bridgehead atoms. The van der Waals surface area contributed by atoms with Gasteiger partial charge in [0.2, 0.25) is 0 Å². The van der Waals surface area contributed by atoms with Crippen molar-refractivity contribution in [2.75, 3.05) is 19.0 Å². The minimum atomic E-state index is -1.41. The molecule has 6 heteroatoms. The molecule has 1 nitrogen and oxygen atoms in total. The number of halogens is 5. The Morgan fingerprint density at radius 2 is 0.967 bits per heavy atom. The summed E-state index contributed by atoms with van der Waals surface area (Å²) in [5.41, 5.74) is 3.01. The van der Waals surface area contributed by atoms with Crippen molar-refractivity contribution in [2.24, 2.45) is 0 Å². The first kappa shape index (κ1) is 22.1. The second-order valence-corrected chi connectivity index (χ2v) is 7.88. The Bertz CT molecular complexity index is 1070. The Morgan fingerprint density at radius 1 is 0.600 bits per heavy atom. The van der Waals surface area contributed by atoms with Gasteiger partial charge in [0.05, 0.1) is 9.13 Å². The molecular formula is C24H18F4IN. The van der Waals surface area contributed by atoms with Crippen molar-refractivity contribution in [3.05, 3.63) is 97.6 Å². The first-order chi connectivity index (χ1) is 14.3. The molecule has 0 radical (unpaired) electrons. The highest BCUT2D eigenvalue weighted by Crippen LogP contribution is 2.27. The van der Waals surface area contributed by atoms with E-state index in [1.54, 1.807) is 12.1 Å². The average Bonchev–Trinajstić information content (AvgIpc) is 2.76. The van der Waals surface area contributed by atoms with Crippen LogP contribution >= 0.6 is 22.6 Å². The zero-order valence-electron chi connectivity index (χ0n) is 16.3. The summed E-state index contributed by atoms with van der Waals surface area (Å²) in [5.74, 6) is -5.61. The number of hydrogen-bond acceptors (Lipinski definition) is 1. The summed E-state index contributed by atoms with van der Waals surface area (Å²) in [6, 6.07) is 15.3. The van der Waals surface area contributed by atoms with Gasteiger partial charge < -0.3 is 4.90 Å². The molecule has 3 rings (SSSR count). The number of rotatable bonds is 5. The third-order valence-corrected chi connectivity index (χ3v) is 5.45. The lowest BCUT2D eigenvalue weighted by Crippen LogP contribution is -2.07. The van der Waals surface area contributed by atoms with Crippen LogP contribution in [0.4, 0.5) is 23.2 Å². The maximum atomic E-state index is 14.0. The second kappa shape index (κ2) is 9.47. The fourth-order valence-corrected chi connectivity index (χ4v) is 3.22. The molecule has 0 aliphatic rings. The fraction of sp³-hybridized carbons (Fsp3) is 0.0833. The van der Waals surface area contributed by atoms with Crippen LogP contribution in [0, 0.1) is 26.8 Å². The van der Waals surface area contributed by atoms with E-state index in [0.29, 0.717) is 5.56 Å². The summed E-state index contributed by atoms with van der Waals surface area (Å²) in [6.07, 6.45) is 6.36. The molecule has 0 spiro atoms. The van der Waals surface area contributed by atoms with Crippen molar-refractivity contribution in [1.29, 1.82) is 0 Å². The molecule has 0 amide bonds. The van der Waals surface area contributed by atoms with Crippen LogP contribution in [0.25, 0.3) is 24.3 Å². The molecule has 0 fully saturated rings. The zero-order valence-corrected chi connectivity index (χ0v) is 18.4. The van der Waals surface area contributed by atoms with Gasteiger partial charge in [0, 0.05) is 19.8 Å². The van der Waals surface area contributed by atoms with Crippen molar-refractivity contribution in [2.45, 2.75) is 0 Å². The predicted molar refractivity (Wildman–Crippen MR) is 124 cm³/mol. The van der Waals surface area contributed by atoms with Gasteiger partial charge in [-0.15, -0.1) is 0 Å². The largest absolute Gasteiger partial charge is 0.378 e. The molecule has 0 unspecified atom stereocenters. The van der Waals surface area contributed by atoms with E-state index in [4.69, 9.17) is 0 Å². The van der Waals surface area contributed by atoms with Crippen LogP contribution in [0.1, 0.15) is 22.3 Å². The van der Waals surface area contributed by atoms with Gasteiger partial charge in [-0.05, 0) is 57.5 Å². The SMILES string of the molecule is CN(C)c1ccc(/C=C/c2ccc(/C=C/c3c(F)c(F)c(I)c(F)c3F)cc2)cc1. The highest BCUT2D eigenvalue weighted by molar-refractivity contribution is 14.1. The molecule has 154 valence electrons. The Hall–Kier alpha value is -2.61. The van der Waals surface area contributed by atoms with Gasteiger partial charge in [-0.25, -0.2) is 17.6 Å². The highest BCUT2D eigenvalue weighted by Gasteiger charge is 2.22. The summed E-state index contributed by atoms with van der Waals surface area (Å²) < 4.78 is 54.5. The summed E-state index contributed by atoms with van der Waals surface area (Å²) in [4.78, 5) is 2.02. The van der Waals surface area contributed by atoms with Crippen LogP contribution in [-0.4, -0.2) is 14.1 Å². The van der Waals surface area contributed by atoms with Crippen molar-refractivity contribution >= 4 is 52.6 Å². The Labute approximate surface area is 186 Å². The Morgan fingerprint density at radius 3 is 1.37 bits per heavy atom. The van der Waals surface area contributed by atoms with E-state index >= 15 is 0 Å². The van der Waals surface area contributed by atoms with Crippen molar-refractivity contribution < 1.29 is 17.6 Å². The molecule has 0 saturated heterocycles. The molecule has 0 heterocycles. The third-order valence-electron chi connectivity index (χ3n) is 4.50. The van der Waals surface area contributed by atoms with Crippen molar-refractivity contribution in [1.82, 2.24) is 0 Å². The Kier molecular flexibility index (Phi) is 6.97. The fourth-order valence-electron chi connectivity index (χ4n) is 2.74. The van der Waals surface area contributed by atoms with Crippen LogP contribution in [0.2, 0.25) is 0 Å². The number of hydrogen-bond donors (Lipinski definition) is 0. The summed E-state index contributed by atoms with van der Waals surface area (Å²) in [6.45, 7) is 0. The first-order valence-corrected chi connectivity index (χ1v) is 10.1. The van der Waals surface area contributed by atoms with E-state index in [-0.39, 0.29) is 0 Å².